The van der Waals surface area contributed by atoms with Crippen LogP contribution in [-0.2, 0) is 5.41 Å². The predicted molar refractivity (Wildman–Crippen MR) is 142 cm³/mol. The normalized spacial score (nSPS) is 11.6. The summed E-state index contributed by atoms with van der Waals surface area (Å²) in [5, 5.41) is 0. The van der Waals surface area contributed by atoms with Crippen LogP contribution >= 0.6 is 0 Å². The molecule has 0 aromatic heterocycles. The molecule has 0 N–H and O–H groups in total. The number of rotatable bonds is 14. The van der Waals surface area contributed by atoms with Gasteiger partial charge in [-0.2, -0.15) is 0 Å². The van der Waals surface area contributed by atoms with Crippen molar-refractivity contribution in [1.82, 2.24) is 0 Å². The zero-order valence-corrected chi connectivity index (χ0v) is 21.9. The van der Waals surface area contributed by atoms with Gasteiger partial charge in [0.2, 0.25) is 0 Å². The summed E-state index contributed by atoms with van der Waals surface area (Å²) in [6.45, 7) is 14.9. The lowest BCUT2D eigenvalue weighted by atomic mass is 9.85. The number of allylic oxidation sites excluding steroid dienone is 1. The van der Waals surface area contributed by atoms with Gasteiger partial charge in [-0.05, 0) is 67.2 Å². The third-order valence-corrected chi connectivity index (χ3v) is 5.46. The minimum atomic E-state index is -0.107. The van der Waals surface area contributed by atoms with Crippen molar-refractivity contribution in [3.8, 4) is 17.2 Å². The Bertz CT molecular complexity index is 920. The van der Waals surface area contributed by atoms with Crippen LogP contribution in [0.2, 0.25) is 0 Å². The molecule has 4 nitrogen and oxygen atoms in total. The van der Waals surface area contributed by atoms with Crippen LogP contribution in [0, 0.1) is 0 Å². The van der Waals surface area contributed by atoms with E-state index < -0.39 is 0 Å². The summed E-state index contributed by atoms with van der Waals surface area (Å²) in [4.78, 5) is 12.8. The molecule has 0 spiro atoms. The van der Waals surface area contributed by atoms with Crippen LogP contribution < -0.4 is 14.2 Å². The second-order valence-corrected chi connectivity index (χ2v) is 9.61. The molecule has 0 aliphatic rings. The Kier molecular flexibility index (Phi) is 11.2. The van der Waals surface area contributed by atoms with Gasteiger partial charge in [0.05, 0.1) is 19.8 Å². The fraction of sp³-hybridized carbons (Fsp3) is 0.500. The van der Waals surface area contributed by atoms with Gasteiger partial charge < -0.3 is 14.2 Å². The molecule has 0 aliphatic heterocycles. The van der Waals surface area contributed by atoms with E-state index in [1.807, 2.05) is 36.4 Å². The highest BCUT2D eigenvalue weighted by Crippen LogP contribution is 2.38. The van der Waals surface area contributed by atoms with Crippen molar-refractivity contribution < 1.29 is 19.0 Å². The topological polar surface area (TPSA) is 44.8 Å². The maximum absolute atomic E-state index is 12.8. The minimum absolute atomic E-state index is 0.0536. The predicted octanol–water partition coefficient (Wildman–Crippen LogP) is 8.03. The molecule has 2 aromatic rings. The van der Waals surface area contributed by atoms with E-state index in [0.29, 0.717) is 25.4 Å². The highest BCUT2D eigenvalue weighted by Gasteiger charge is 2.22. The van der Waals surface area contributed by atoms with Gasteiger partial charge in [0.1, 0.15) is 17.2 Å². The zero-order valence-electron chi connectivity index (χ0n) is 21.9. The number of carbonyl (C=O) groups excluding carboxylic acids is 1. The summed E-state index contributed by atoms with van der Waals surface area (Å²) in [6.07, 6.45) is 8.55. The molecule has 0 amide bonds. The Hall–Kier alpha value is -2.75. The summed E-state index contributed by atoms with van der Waals surface area (Å²) >= 11 is 0. The van der Waals surface area contributed by atoms with Gasteiger partial charge in [0, 0.05) is 22.8 Å². The standard InChI is InChI=1S/C30H42O4/c1-7-10-19-33-28-22-29(34-20-11-8-2)26(30(4,5)6)21-24(28)14-17-27(31)23-12-15-25(16-13-23)32-18-9-3/h12-17,21-22H,7-11,18-20H2,1-6H3. The number of ketones is 1. The Morgan fingerprint density at radius 3 is 1.97 bits per heavy atom. The van der Waals surface area contributed by atoms with E-state index in [1.54, 1.807) is 6.08 Å². The first kappa shape index (κ1) is 27.5. The van der Waals surface area contributed by atoms with E-state index in [1.165, 1.54) is 0 Å². The fourth-order valence-corrected chi connectivity index (χ4v) is 3.39. The first-order chi connectivity index (χ1) is 16.3. The molecule has 0 heterocycles. The third-order valence-electron chi connectivity index (χ3n) is 5.46. The lowest BCUT2D eigenvalue weighted by Crippen LogP contribution is -2.15. The van der Waals surface area contributed by atoms with Gasteiger partial charge in [-0.15, -0.1) is 0 Å². The van der Waals surface area contributed by atoms with Crippen molar-refractivity contribution in [1.29, 1.82) is 0 Å². The minimum Gasteiger partial charge on any atom is -0.494 e. The molecule has 34 heavy (non-hydrogen) atoms. The summed E-state index contributed by atoms with van der Waals surface area (Å²) in [6, 6.07) is 11.4. The van der Waals surface area contributed by atoms with Crippen molar-refractivity contribution in [3.63, 3.8) is 0 Å². The fourth-order valence-electron chi connectivity index (χ4n) is 3.39. The first-order valence-electron chi connectivity index (χ1n) is 12.7. The molecular weight excluding hydrogens is 424 g/mol. The number of carbonyl (C=O) groups is 1. The maximum atomic E-state index is 12.8. The van der Waals surface area contributed by atoms with Crippen LogP contribution in [0.3, 0.4) is 0 Å². The number of hydrogen-bond donors (Lipinski definition) is 0. The Labute approximate surface area is 206 Å². The van der Waals surface area contributed by atoms with Crippen LogP contribution in [0.5, 0.6) is 17.2 Å². The quantitative estimate of drug-likeness (QED) is 0.161. The van der Waals surface area contributed by atoms with Crippen molar-refractivity contribution in [2.75, 3.05) is 19.8 Å². The Morgan fingerprint density at radius 1 is 0.794 bits per heavy atom. The summed E-state index contributed by atoms with van der Waals surface area (Å²) in [5.41, 5.74) is 2.52. The van der Waals surface area contributed by atoms with Crippen molar-refractivity contribution >= 4 is 11.9 Å². The number of hydrogen-bond acceptors (Lipinski definition) is 4. The average molecular weight is 467 g/mol. The van der Waals surface area contributed by atoms with E-state index in [0.717, 1.165) is 60.5 Å². The molecule has 186 valence electrons. The van der Waals surface area contributed by atoms with Gasteiger partial charge in [0.15, 0.2) is 5.78 Å². The molecule has 0 aliphatic carbocycles. The maximum Gasteiger partial charge on any atom is 0.185 e. The van der Waals surface area contributed by atoms with Gasteiger partial charge in [-0.25, -0.2) is 0 Å². The first-order valence-corrected chi connectivity index (χ1v) is 12.7. The lowest BCUT2D eigenvalue weighted by Gasteiger charge is -2.25. The van der Waals surface area contributed by atoms with Gasteiger partial charge in [-0.3, -0.25) is 4.79 Å². The summed E-state index contributed by atoms with van der Waals surface area (Å²) in [7, 11) is 0. The second kappa shape index (κ2) is 13.8. The second-order valence-electron chi connectivity index (χ2n) is 9.61. The summed E-state index contributed by atoms with van der Waals surface area (Å²) < 4.78 is 17.9. The lowest BCUT2D eigenvalue weighted by molar-refractivity contribution is 0.104. The molecule has 2 rings (SSSR count). The van der Waals surface area contributed by atoms with Gasteiger partial charge >= 0.3 is 0 Å². The van der Waals surface area contributed by atoms with Crippen molar-refractivity contribution in [3.05, 3.63) is 59.2 Å². The Morgan fingerprint density at radius 2 is 1.41 bits per heavy atom. The van der Waals surface area contributed by atoms with E-state index in [2.05, 4.69) is 47.6 Å². The van der Waals surface area contributed by atoms with E-state index in [9.17, 15) is 4.79 Å². The van der Waals surface area contributed by atoms with Crippen LogP contribution in [-0.4, -0.2) is 25.6 Å². The zero-order chi connectivity index (χ0) is 25.0. The SMILES string of the molecule is CCCCOc1cc(OCCCC)c(C(C)(C)C)cc1C=CC(=O)c1ccc(OCCC)cc1. The highest BCUT2D eigenvalue weighted by molar-refractivity contribution is 6.07. The third kappa shape index (κ3) is 8.55. The van der Waals surface area contributed by atoms with E-state index in [4.69, 9.17) is 14.2 Å². The van der Waals surface area contributed by atoms with Gasteiger partial charge in [-0.1, -0.05) is 54.4 Å². The summed E-state index contributed by atoms with van der Waals surface area (Å²) in [5.74, 6) is 2.34. The molecule has 0 saturated carbocycles. The van der Waals surface area contributed by atoms with Crippen LogP contribution in [0.25, 0.3) is 6.08 Å². The molecule has 0 unspecified atom stereocenters. The Balaban J connectivity index is 2.34. The van der Waals surface area contributed by atoms with Gasteiger partial charge in [0.25, 0.3) is 0 Å². The van der Waals surface area contributed by atoms with Crippen LogP contribution in [0.4, 0.5) is 0 Å². The molecule has 0 radical (unpaired) electrons. The van der Waals surface area contributed by atoms with Crippen LogP contribution in [0.1, 0.15) is 95.1 Å². The molecule has 4 heteroatoms. The monoisotopic (exact) mass is 466 g/mol. The largest absolute Gasteiger partial charge is 0.494 e. The molecular formula is C30H42O4. The van der Waals surface area contributed by atoms with E-state index >= 15 is 0 Å². The smallest absolute Gasteiger partial charge is 0.185 e. The molecule has 0 saturated heterocycles. The molecule has 0 bridgehead atoms. The van der Waals surface area contributed by atoms with Crippen molar-refractivity contribution in [2.24, 2.45) is 0 Å². The number of unbranched alkanes of at least 4 members (excludes halogenated alkanes) is 2. The number of benzene rings is 2. The average Bonchev–Trinajstić information content (AvgIpc) is 2.81. The molecule has 0 atom stereocenters. The van der Waals surface area contributed by atoms with Crippen molar-refractivity contribution in [2.45, 2.75) is 79.1 Å². The highest BCUT2D eigenvalue weighted by atomic mass is 16.5. The molecule has 2 aromatic carbocycles. The number of ether oxygens (including phenoxy) is 3. The van der Waals surface area contributed by atoms with Crippen LogP contribution in [0.15, 0.2) is 42.5 Å². The molecule has 0 fully saturated rings. The van der Waals surface area contributed by atoms with E-state index in [-0.39, 0.29) is 11.2 Å².